The number of hydrogen-bond donors (Lipinski definition) is 17. The van der Waals surface area contributed by atoms with Crippen molar-refractivity contribution in [3.8, 4) is 0 Å². The van der Waals surface area contributed by atoms with E-state index in [9.17, 15) is 89.7 Å². The molecule has 88 heavy (non-hydrogen) atoms. The van der Waals surface area contributed by atoms with E-state index in [0.29, 0.717) is 44.6 Å². The lowest BCUT2D eigenvalue weighted by atomic mass is 9.94. The molecule has 0 aromatic rings. The van der Waals surface area contributed by atoms with Crippen LogP contribution in [0, 0.1) is 0 Å². The molecule has 6 heterocycles. The van der Waals surface area contributed by atoms with Gasteiger partial charge in [-0.25, -0.2) is 14.4 Å². The van der Waals surface area contributed by atoms with Crippen molar-refractivity contribution >= 4 is 53.4 Å². The number of unbranched alkanes of at least 4 members (excludes halogenated alkanes) is 1. The highest BCUT2D eigenvalue weighted by atomic mass is 32.2. The number of carboxylic acids is 2. The number of carbonyl (C=O) groups is 7. The highest BCUT2D eigenvalue weighted by Crippen LogP contribution is 2.36. The molecule has 6 amide bonds. The fraction of sp³-hybridized carbons (Fsp3) is 0.863. The van der Waals surface area contributed by atoms with Crippen molar-refractivity contribution in [3.05, 3.63) is 0 Å². The fourth-order valence-corrected chi connectivity index (χ4v) is 12.0. The van der Waals surface area contributed by atoms with Crippen LogP contribution in [0.3, 0.4) is 0 Å². The summed E-state index contributed by atoms with van der Waals surface area (Å²) in [6.45, 7) is 1.83. The van der Waals surface area contributed by atoms with Crippen molar-refractivity contribution in [2.24, 2.45) is 0 Å². The largest absolute Gasteiger partial charge is 0.479 e. The minimum Gasteiger partial charge on any atom is -0.479 e. The van der Waals surface area contributed by atoms with Gasteiger partial charge in [-0.1, -0.05) is 6.42 Å². The predicted molar refractivity (Wildman–Crippen MR) is 290 cm³/mol. The van der Waals surface area contributed by atoms with Crippen molar-refractivity contribution in [1.82, 2.24) is 31.9 Å². The second-order valence-electron chi connectivity index (χ2n) is 21.3. The van der Waals surface area contributed by atoms with Gasteiger partial charge in [-0.3, -0.25) is 19.2 Å². The van der Waals surface area contributed by atoms with E-state index in [4.69, 9.17) is 56.8 Å². The number of urea groups is 1. The van der Waals surface area contributed by atoms with Gasteiger partial charge in [0, 0.05) is 50.8 Å². The first-order chi connectivity index (χ1) is 42.0. The topological polar surface area (TPSA) is 525 Å². The first kappa shape index (κ1) is 72.7. The Kier molecular flexibility index (Phi) is 29.7. The summed E-state index contributed by atoms with van der Waals surface area (Å²) in [5.74, 6) is -4.94. The average Bonchev–Trinajstić information content (AvgIpc) is 2.00. The number of aliphatic carboxylic acids is 2. The minimum atomic E-state index is -2.33. The van der Waals surface area contributed by atoms with E-state index < -0.39 is 166 Å². The van der Waals surface area contributed by atoms with Gasteiger partial charge in [0.05, 0.1) is 84.8 Å². The first-order valence-electron chi connectivity index (χ1n) is 28.8. The van der Waals surface area contributed by atoms with Gasteiger partial charge >= 0.3 is 18.0 Å². The number of amides is 6. The number of hydrogen-bond acceptors (Lipinski definition) is 29. The van der Waals surface area contributed by atoms with Crippen LogP contribution in [0.2, 0.25) is 0 Å². The third kappa shape index (κ3) is 20.6. The van der Waals surface area contributed by atoms with E-state index in [1.54, 1.807) is 0 Å². The molecule has 0 bridgehead atoms. The number of thioether (sulfide) groups is 1. The van der Waals surface area contributed by atoms with Crippen molar-refractivity contribution in [3.63, 3.8) is 0 Å². The van der Waals surface area contributed by atoms with Gasteiger partial charge in [0.15, 0.2) is 37.4 Å². The average molecular weight is 1290 g/mol. The van der Waals surface area contributed by atoms with Gasteiger partial charge in [0.25, 0.3) is 0 Å². The zero-order valence-corrected chi connectivity index (χ0v) is 49.1. The molecule has 6 fully saturated rings. The molecule has 6 rings (SSSR count). The summed E-state index contributed by atoms with van der Waals surface area (Å²) in [6.07, 6.45) is -33.8. The van der Waals surface area contributed by atoms with Crippen molar-refractivity contribution < 1.29 is 147 Å². The van der Waals surface area contributed by atoms with Crippen LogP contribution >= 0.6 is 11.8 Å². The van der Waals surface area contributed by atoms with Crippen molar-refractivity contribution in [2.75, 3.05) is 91.5 Å². The summed E-state index contributed by atoms with van der Waals surface area (Å²) in [7, 11) is 0. The molecule has 0 aromatic carbocycles. The SMILES string of the molecule is CC(=O)N[C@H]1[C@H](O[C@H]2[C@H](O)[C@@H](O)[C@H](O[C@H]3[C@@H](O)[C@@H](CO)O[C@@H](O[C@H]4[C@H](O)[C@@H](O)[C@H](OCCNC(=O)CCOCCOCCOCCOCCNC(=O)CCCC[C@@H]5SC[C@@H]6NC(=O)N[C@@H]65)O[C@@H]4C(=O)O)[C@@H]3NC(C)=O)O[C@@H]2C(=O)O)O[C@H](CO)[C@H](O)[C@@H]1O. The Morgan fingerprint density at radius 2 is 1.02 bits per heavy atom. The van der Waals surface area contributed by atoms with Crippen LogP contribution in [0.4, 0.5) is 4.79 Å². The molecule has 504 valence electrons. The summed E-state index contributed by atoms with van der Waals surface area (Å²) >= 11 is 1.85. The van der Waals surface area contributed by atoms with Crippen LogP contribution in [0.25, 0.3) is 0 Å². The van der Waals surface area contributed by atoms with Crippen LogP contribution in [-0.2, 0) is 85.6 Å². The molecule has 0 aliphatic carbocycles. The summed E-state index contributed by atoms with van der Waals surface area (Å²) in [4.78, 5) is 86.0. The van der Waals surface area contributed by atoms with Gasteiger partial charge in [-0.05, 0) is 12.8 Å². The lowest BCUT2D eigenvalue weighted by molar-refractivity contribution is -0.369. The number of nitrogens with one attached hydrogen (secondary N) is 6. The third-order valence-corrected chi connectivity index (χ3v) is 16.4. The van der Waals surface area contributed by atoms with E-state index in [1.807, 2.05) is 11.8 Å². The molecular weight excluding hydrogens is 1210 g/mol. The molecule has 37 heteroatoms. The number of carbonyl (C=O) groups excluding carboxylic acids is 5. The van der Waals surface area contributed by atoms with Gasteiger partial charge in [-0.15, -0.1) is 0 Å². The standard InChI is InChI=1S/C51H84N6O30S/c1-22(60)54-31-35(66)33(64)25(19-58)81-47(31)84-42-37(68)39(70)50(87-44(42)46(73)74)83-40-32(55-23(2)61)48(82-26(20-59)34(40)65)85-41-36(67)38(69)49(86-43(41)45(71)72)80-12-9-53-29(63)7-10-76-13-15-78-17-18-79-16-14-77-11-8-52-28(62)6-4-3-5-27-30-24(21-88-27)56-51(75)57-30/h24-27,30-44,47-50,58-59,64-70H,3-21H2,1-2H3,(H,52,62)(H,53,63)(H,54,60)(H,55,61)(H,71,72)(H,73,74)(H2,56,57,75)/t24-,25+,26+,27-,30-,31+,32+,33-,34-,35+,36+,37+,38+,39+,40+,41-,42-,43-,44-,47-,48-,49+,50+/m0/s1. The number of aliphatic hydroxyl groups is 9. The molecule has 17 N–H and O–H groups in total. The summed E-state index contributed by atoms with van der Waals surface area (Å²) in [5.41, 5.74) is 0. The molecule has 0 unspecified atom stereocenters. The predicted octanol–water partition coefficient (Wildman–Crippen LogP) is -8.84. The zero-order chi connectivity index (χ0) is 64.2. The normalized spacial score (nSPS) is 36.4. The maximum absolute atomic E-state index is 12.6. The molecule has 0 aromatic heterocycles. The Hall–Kier alpha value is -4.40. The molecule has 0 spiro atoms. The molecule has 23 atom stereocenters. The number of fused-ring (bicyclic) bond motifs is 1. The Labute approximate surface area is 508 Å². The number of rotatable bonds is 36. The molecule has 0 saturated carbocycles. The lowest BCUT2D eigenvalue weighted by Crippen LogP contribution is -2.70. The highest BCUT2D eigenvalue weighted by Gasteiger charge is 2.58. The maximum atomic E-state index is 12.6. The van der Waals surface area contributed by atoms with Crippen LogP contribution in [-0.4, -0.2) is 329 Å². The van der Waals surface area contributed by atoms with E-state index in [2.05, 4.69) is 31.9 Å². The number of aliphatic hydroxyl groups excluding tert-OH is 9. The molecule has 6 aliphatic heterocycles. The second kappa shape index (κ2) is 36.0. The monoisotopic (exact) mass is 1290 g/mol. The maximum Gasteiger partial charge on any atom is 0.335 e. The minimum absolute atomic E-state index is 0.0239. The first-order valence-corrected chi connectivity index (χ1v) is 29.8. The molecule has 6 saturated heterocycles. The van der Waals surface area contributed by atoms with Crippen LogP contribution in [0.5, 0.6) is 0 Å². The van der Waals surface area contributed by atoms with Gasteiger partial charge in [0.2, 0.25) is 23.6 Å². The molecule has 36 nitrogen and oxygen atoms in total. The third-order valence-electron chi connectivity index (χ3n) is 14.9. The zero-order valence-electron chi connectivity index (χ0n) is 48.3. The Morgan fingerprint density at radius 1 is 0.534 bits per heavy atom. The number of ether oxygens (including phenoxy) is 12. The Balaban J connectivity index is 0.870. The van der Waals surface area contributed by atoms with Crippen LogP contribution in [0.1, 0.15) is 46.0 Å². The quantitative estimate of drug-likeness (QED) is 0.0205. The lowest BCUT2D eigenvalue weighted by Gasteiger charge is -2.49. The van der Waals surface area contributed by atoms with Crippen LogP contribution in [0.15, 0.2) is 0 Å². The fourth-order valence-electron chi connectivity index (χ4n) is 10.4. The van der Waals surface area contributed by atoms with E-state index in [-0.39, 0.29) is 70.0 Å². The van der Waals surface area contributed by atoms with Crippen molar-refractivity contribution in [2.45, 2.75) is 186 Å². The van der Waals surface area contributed by atoms with Crippen molar-refractivity contribution in [1.29, 1.82) is 0 Å². The van der Waals surface area contributed by atoms with Gasteiger partial charge in [-0.2, -0.15) is 11.8 Å². The Morgan fingerprint density at radius 3 is 1.59 bits per heavy atom. The Bertz CT molecular complexity index is 2240. The van der Waals surface area contributed by atoms with E-state index >= 15 is 0 Å². The van der Waals surface area contributed by atoms with E-state index in [1.165, 1.54) is 0 Å². The summed E-state index contributed by atoms with van der Waals surface area (Å²) in [6, 6.07) is -3.26. The van der Waals surface area contributed by atoms with Gasteiger partial charge in [0.1, 0.15) is 85.3 Å². The molecule has 6 aliphatic rings. The smallest absolute Gasteiger partial charge is 0.335 e. The summed E-state index contributed by atoms with van der Waals surface area (Å²) < 4.78 is 66.8. The summed E-state index contributed by atoms with van der Waals surface area (Å²) in [5, 5.41) is 134. The van der Waals surface area contributed by atoms with E-state index in [0.717, 1.165) is 38.9 Å². The molecular formula is C51H84N6O30S. The number of carboxylic acid groups (broad SMARTS) is 2. The van der Waals surface area contributed by atoms with Crippen LogP contribution < -0.4 is 31.9 Å². The second-order valence-corrected chi connectivity index (χ2v) is 22.6. The highest BCUT2D eigenvalue weighted by molar-refractivity contribution is 8.00. The molecule has 0 radical (unpaired) electrons. The van der Waals surface area contributed by atoms with Gasteiger partial charge < -0.3 is 145 Å².